The van der Waals surface area contributed by atoms with E-state index in [-0.39, 0.29) is 5.02 Å². The highest BCUT2D eigenvalue weighted by Crippen LogP contribution is 2.23. The number of halogens is 2. The van der Waals surface area contributed by atoms with Crippen molar-refractivity contribution in [2.75, 3.05) is 19.6 Å². The highest BCUT2D eigenvalue weighted by atomic mass is 35.5. The molecule has 19 heavy (non-hydrogen) atoms. The van der Waals surface area contributed by atoms with Crippen LogP contribution in [0, 0.1) is 10.6 Å². The Morgan fingerprint density at radius 3 is 2.74 bits per heavy atom. The molecule has 3 rings (SSSR count). The van der Waals surface area contributed by atoms with Gasteiger partial charge in [-0.05, 0) is 44.2 Å². The van der Waals surface area contributed by atoms with Gasteiger partial charge in [0.05, 0.1) is 16.1 Å². The van der Waals surface area contributed by atoms with Crippen molar-refractivity contribution >= 4 is 34.9 Å². The maximum atomic E-state index is 13.6. The predicted octanol–water partition coefficient (Wildman–Crippen LogP) is 3.59. The van der Waals surface area contributed by atoms with E-state index in [9.17, 15) is 4.39 Å². The van der Waals surface area contributed by atoms with E-state index >= 15 is 0 Å². The monoisotopic (exact) mass is 299 g/mol. The minimum atomic E-state index is -0.405. The van der Waals surface area contributed by atoms with Crippen LogP contribution < -0.4 is 0 Å². The number of aromatic nitrogens is 2. The smallest absolute Gasteiger partial charge is 0.178 e. The third kappa shape index (κ3) is 2.55. The third-order valence-corrected chi connectivity index (χ3v) is 4.27. The maximum Gasteiger partial charge on any atom is 0.178 e. The van der Waals surface area contributed by atoms with Crippen LogP contribution in [0.3, 0.4) is 0 Å². The van der Waals surface area contributed by atoms with Crippen LogP contribution in [0.4, 0.5) is 4.39 Å². The summed E-state index contributed by atoms with van der Waals surface area (Å²) in [6.45, 7) is 4.02. The number of hydrogen-bond donors (Lipinski definition) is 1. The highest BCUT2D eigenvalue weighted by Gasteiger charge is 2.13. The first-order chi connectivity index (χ1) is 9.15. The lowest BCUT2D eigenvalue weighted by Crippen LogP contribution is -2.24. The molecule has 102 valence electrons. The van der Waals surface area contributed by atoms with Gasteiger partial charge in [0.25, 0.3) is 0 Å². The molecule has 0 saturated carbocycles. The fourth-order valence-electron chi connectivity index (χ4n) is 2.62. The van der Waals surface area contributed by atoms with E-state index in [0.717, 1.165) is 37.2 Å². The Labute approximate surface area is 121 Å². The van der Waals surface area contributed by atoms with Gasteiger partial charge in [-0.15, -0.1) is 0 Å². The molecule has 0 atom stereocenters. The van der Waals surface area contributed by atoms with Gasteiger partial charge in [0, 0.05) is 19.2 Å². The molecule has 2 heterocycles. The molecule has 0 bridgehead atoms. The zero-order valence-electron chi connectivity index (χ0n) is 10.5. The second-order valence-electron chi connectivity index (χ2n) is 4.91. The van der Waals surface area contributed by atoms with Gasteiger partial charge >= 0.3 is 0 Å². The summed E-state index contributed by atoms with van der Waals surface area (Å²) in [5.74, 6) is -0.405. The van der Waals surface area contributed by atoms with Crippen molar-refractivity contribution in [2.45, 2.75) is 19.4 Å². The second kappa shape index (κ2) is 5.23. The van der Waals surface area contributed by atoms with Crippen LogP contribution in [0.15, 0.2) is 12.1 Å². The van der Waals surface area contributed by atoms with Crippen LogP contribution in [-0.4, -0.2) is 34.1 Å². The zero-order valence-corrected chi connectivity index (χ0v) is 12.0. The Morgan fingerprint density at radius 2 is 2.00 bits per heavy atom. The Hall–Kier alpha value is -0.910. The number of nitrogens with one attached hydrogen (secondary N) is 1. The average molecular weight is 300 g/mol. The van der Waals surface area contributed by atoms with Gasteiger partial charge in [0.1, 0.15) is 5.82 Å². The summed E-state index contributed by atoms with van der Waals surface area (Å²) < 4.78 is 16.1. The summed E-state index contributed by atoms with van der Waals surface area (Å²) in [6, 6.07) is 3.04. The van der Waals surface area contributed by atoms with Crippen LogP contribution in [-0.2, 0) is 6.54 Å². The standard InChI is InChI=1S/C13H15ClFN3S/c14-9-7-11-12(8-10(9)15)18(13(19)16-11)6-5-17-3-1-2-4-17/h7-8H,1-6H2,(H,16,19). The Morgan fingerprint density at radius 1 is 1.26 bits per heavy atom. The molecule has 1 aromatic carbocycles. The fourth-order valence-corrected chi connectivity index (χ4v) is 3.08. The molecule has 0 aliphatic carbocycles. The topological polar surface area (TPSA) is 24.0 Å². The van der Waals surface area contributed by atoms with Crippen molar-refractivity contribution in [3.63, 3.8) is 0 Å². The number of benzene rings is 1. The molecule has 1 N–H and O–H groups in total. The van der Waals surface area contributed by atoms with Crippen molar-refractivity contribution in [3.05, 3.63) is 27.7 Å². The summed E-state index contributed by atoms with van der Waals surface area (Å²) in [7, 11) is 0. The molecule has 1 aromatic heterocycles. The summed E-state index contributed by atoms with van der Waals surface area (Å²) >= 11 is 11.1. The van der Waals surface area contributed by atoms with Gasteiger partial charge in [0.15, 0.2) is 4.77 Å². The van der Waals surface area contributed by atoms with Crippen molar-refractivity contribution in [2.24, 2.45) is 0 Å². The predicted molar refractivity (Wildman–Crippen MR) is 77.8 cm³/mol. The number of H-pyrrole nitrogens is 1. The van der Waals surface area contributed by atoms with Gasteiger partial charge in [-0.2, -0.15) is 0 Å². The fraction of sp³-hybridized carbons (Fsp3) is 0.462. The quantitative estimate of drug-likeness (QED) is 0.876. The molecular formula is C13H15ClFN3S. The van der Waals surface area contributed by atoms with E-state index in [1.165, 1.54) is 18.9 Å². The molecule has 2 aromatic rings. The van der Waals surface area contributed by atoms with E-state index in [1.54, 1.807) is 6.07 Å². The van der Waals surface area contributed by atoms with Crippen LogP contribution in [0.5, 0.6) is 0 Å². The average Bonchev–Trinajstić information content (AvgIpc) is 2.96. The van der Waals surface area contributed by atoms with E-state index in [2.05, 4.69) is 9.88 Å². The van der Waals surface area contributed by atoms with Gasteiger partial charge in [0.2, 0.25) is 0 Å². The van der Waals surface area contributed by atoms with Crippen LogP contribution in [0.1, 0.15) is 12.8 Å². The lowest BCUT2D eigenvalue weighted by Gasteiger charge is -2.15. The summed E-state index contributed by atoms with van der Waals surface area (Å²) in [4.78, 5) is 5.49. The second-order valence-corrected chi connectivity index (χ2v) is 5.71. The SMILES string of the molecule is Fc1cc2c(cc1Cl)[nH]c(=S)n2CCN1CCCC1. The van der Waals surface area contributed by atoms with E-state index in [4.69, 9.17) is 23.8 Å². The number of nitrogens with zero attached hydrogens (tertiary/aromatic N) is 2. The summed E-state index contributed by atoms with van der Waals surface area (Å²) in [5, 5.41) is 0.121. The number of likely N-dealkylation sites (tertiary alicyclic amines) is 1. The lowest BCUT2D eigenvalue weighted by atomic mass is 10.3. The zero-order chi connectivity index (χ0) is 13.4. The summed E-state index contributed by atoms with van der Waals surface area (Å²) in [6.07, 6.45) is 2.53. The molecule has 0 spiro atoms. The van der Waals surface area contributed by atoms with Crippen LogP contribution >= 0.6 is 23.8 Å². The largest absolute Gasteiger partial charge is 0.331 e. The minimum Gasteiger partial charge on any atom is -0.331 e. The van der Waals surface area contributed by atoms with Gasteiger partial charge in [-0.3, -0.25) is 0 Å². The van der Waals surface area contributed by atoms with E-state index in [1.807, 2.05) is 4.57 Å². The maximum absolute atomic E-state index is 13.6. The van der Waals surface area contributed by atoms with Crippen molar-refractivity contribution in [1.82, 2.24) is 14.5 Å². The molecule has 1 saturated heterocycles. The molecule has 3 nitrogen and oxygen atoms in total. The highest BCUT2D eigenvalue weighted by molar-refractivity contribution is 7.71. The summed E-state index contributed by atoms with van der Waals surface area (Å²) in [5.41, 5.74) is 1.57. The molecule has 6 heteroatoms. The first-order valence-corrected chi connectivity index (χ1v) is 7.24. The number of aromatic amines is 1. The minimum absolute atomic E-state index is 0.121. The Balaban J connectivity index is 1.91. The molecule has 0 radical (unpaired) electrons. The molecule has 1 aliphatic heterocycles. The molecule has 0 amide bonds. The van der Waals surface area contributed by atoms with E-state index in [0.29, 0.717) is 4.77 Å². The number of hydrogen-bond acceptors (Lipinski definition) is 2. The van der Waals surface area contributed by atoms with E-state index < -0.39 is 5.82 Å². The molecule has 1 aliphatic rings. The number of rotatable bonds is 3. The Bertz CT molecular complexity index is 658. The van der Waals surface area contributed by atoms with Crippen molar-refractivity contribution in [3.8, 4) is 0 Å². The number of imidazole rings is 1. The third-order valence-electron chi connectivity index (χ3n) is 3.65. The first-order valence-electron chi connectivity index (χ1n) is 6.45. The molecular weight excluding hydrogens is 285 g/mol. The van der Waals surface area contributed by atoms with Crippen molar-refractivity contribution < 1.29 is 4.39 Å². The van der Waals surface area contributed by atoms with Gasteiger partial charge in [-0.25, -0.2) is 4.39 Å². The Kier molecular flexibility index (Phi) is 3.60. The van der Waals surface area contributed by atoms with Gasteiger partial charge < -0.3 is 14.5 Å². The van der Waals surface area contributed by atoms with Crippen LogP contribution in [0.2, 0.25) is 5.02 Å². The normalized spacial score (nSPS) is 16.5. The molecule has 0 unspecified atom stereocenters. The van der Waals surface area contributed by atoms with Crippen LogP contribution in [0.25, 0.3) is 11.0 Å². The number of fused-ring (bicyclic) bond motifs is 1. The lowest BCUT2D eigenvalue weighted by molar-refractivity contribution is 0.323. The van der Waals surface area contributed by atoms with Crippen molar-refractivity contribution in [1.29, 1.82) is 0 Å². The molecule has 1 fully saturated rings. The first kappa shape index (κ1) is 13.1. The van der Waals surface area contributed by atoms with Gasteiger partial charge in [-0.1, -0.05) is 11.6 Å².